The van der Waals surface area contributed by atoms with Crippen LogP contribution in [0.3, 0.4) is 0 Å². The molecule has 0 radical (unpaired) electrons. The minimum Gasteiger partial charge on any atom is -0.130 e. The van der Waals surface area contributed by atoms with E-state index in [9.17, 15) is 0 Å². The Morgan fingerprint density at radius 3 is 2.77 bits per heavy atom. The molecule has 0 unspecified atom stereocenters. The Morgan fingerprint density at radius 2 is 2.00 bits per heavy atom. The maximum Gasteiger partial charge on any atom is 0.0484 e. The van der Waals surface area contributed by atoms with Crippen LogP contribution in [0.15, 0.2) is 41.3 Å². The summed E-state index contributed by atoms with van der Waals surface area (Å²) in [4.78, 5) is 1.25. The Labute approximate surface area is 86.9 Å². The van der Waals surface area contributed by atoms with Crippen LogP contribution in [0, 0.1) is 0 Å². The van der Waals surface area contributed by atoms with Gasteiger partial charge in [-0.15, -0.1) is 11.8 Å². The molecule has 0 aliphatic heterocycles. The zero-order valence-electron chi connectivity index (χ0n) is 7.25. The highest BCUT2D eigenvalue weighted by atomic mass is 35.5. The third kappa shape index (κ3) is 1.67. The minimum absolute atomic E-state index is 0.827. The van der Waals surface area contributed by atoms with E-state index in [1.54, 1.807) is 11.8 Å². The van der Waals surface area contributed by atoms with Crippen molar-refractivity contribution in [3.8, 4) is 0 Å². The topological polar surface area (TPSA) is 0 Å². The van der Waals surface area contributed by atoms with Crippen molar-refractivity contribution in [3.63, 3.8) is 0 Å². The molecule has 0 saturated heterocycles. The van der Waals surface area contributed by atoms with Gasteiger partial charge in [-0.05, 0) is 29.8 Å². The maximum atomic E-state index is 6.08. The number of fused-ring (bicyclic) bond motifs is 1. The lowest BCUT2D eigenvalue weighted by Crippen LogP contribution is -1.75. The highest BCUT2D eigenvalue weighted by molar-refractivity contribution is 7.98. The van der Waals surface area contributed by atoms with Gasteiger partial charge in [-0.1, -0.05) is 29.8 Å². The third-order valence-corrected chi connectivity index (χ3v) is 3.09. The van der Waals surface area contributed by atoms with Crippen LogP contribution < -0.4 is 0 Å². The van der Waals surface area contributed by atoms with E-state index in [0.29, 0.717) is 0 Å². The summed E-state index contributed by atoms with van der Waals surface area (Å²) in [6, 6.07) is 12.3. The summed E-state index contributed by atoms with van der Waals surface area (Å²) in [5.74, 6) is 0. The zero-order valence-corrected chi connectivity index (χ0v) is 8.82. The standard InChI is InChI=1S/C11H9ClS/c1-13-9-6-5-8-3-2-4-11(12)10(8)7-9/h2-7H,1H3. The molecule has 0 heterocycles. The fourth-order valence-corrected chi connectivity index (χ4v) is 2.02. The normalized spacial score (nSPS) is 10.6. The summed E-state index contributed by atoms with van der Waals surface area (Å²) in [6.45, 7) is 0. The van der Waals surface area contributed by atoms with E-state index in [-0.39, 0.29) is 0 Å². The Morgan fingerprint density at radius 1 is 1.15 bits per heavy atom. The molecule has 2 heteroatoms. The van der Waals surface area contributed by atoms with Crippen LogP contribution in [0.5, 0.6) is 0 Å². The Balaban J connectivity index is 2.74. The first kappa shape index (κ1) is 8.92. The quantitative estimate of drug-likeness (QED) is 0.633. The average molecular weight is 209 g/mol. The Hall–Kier alpha value is -0.660. The van der Waals surface area contributed by atoms with Crippen molar-refractivity contribution in [1.29, 1.82) is 0 Å². The van der Waals surface area contributed by atoms with Crippen LogP contribution in [0.25, 0.3) is 10.8 Å². The van der Waals surface area contributed by atoms with Crippen LogP contribution in [-0.4, -0.2) is 6.26 Å². The molecular weight excluding hydrogens is 200 g/mol. The molecule has 0 aliphatic carbocycles. The molecule has 0 amide bonds. The lowest BCUT2D eigenvalue weighted by atomic mass is 10.1. The molecule has 66 valence electrons. The predicted octanol–water partition coefficient (Wildman–Crippen LogP) is 4.22. The van der Waals surface area contributed by atoms with Crippen molar-refractivity contribution in [3.05, 3.63) is 41.4 Å². The fraction of sp³-hybridized carbons (Fsp3) is 0.0909. The molecule has 0 aromatic heterocycles. The smallest absolute Gasteiger partial charge is 0.0484 e. The lowest BCUT2D eigenvalue weighted by Gasteiger charge is -2.02. The summed E-state index contributed by atoms with van der Waals surface area (Å²) in [6.07, 6.45) is 2.07. The molecule has 0 nitrogen and oxygen atoms in total. The summed E-state index contributed by atoms with van der Waals surface area (Å²) < 4.78 is 0. The molecule has 2 aromatic rings. The van der Waals surface area contributed by atoms with Gasteiger partial charge in [-0.2, -0.15) is 0 Å². The molecule has 0 aliphatic rings. The Kier molecular flexibility index (Phi) is 2.47. The van der Waals surface area contributed by atoms with Gasteiger partial charge in [0.15, 0.2) is 0 Å². The van der Waals surface area contributed by atoms with Crippen molar-refractivity contribution in [2.24, 2.45) is 0 Å². The summed E-state index contributed by atoms with van der Waals surface area (Å²) in [7, 11) is 0. The van der Waals surface area contributed by atoms with Gasteiger partial charge in [0.2, 0.25) is 0 Å². The largest absolute Gasteiger partial charge is 0.130 e. The first-order chi connectivity index (χ1) is 6.31. The van der Waals surface area contributed by atoms with Gasteiger partial charge in [0.05, 0.1) is 0 Å². The number of benzene rings is 2. The molecule has 2 rings (SSSR count). The van der Waals surface area contributed by atoms with Crippen LogP contribution in [0.1, 0.15) is 0 Å². The van der Waals surface area contributed by atoms with Crippen LogP contribution in [0.4, 0.5) is 0 Å². The van der Waals surface area contributed by atoms with Gasteiger partial charge < -0.3 is 0 Å². The average Bonchev–Trinajstić information content (AvgIpc) is 2.18. The van der Waals surface area contributed by atoms with Crippen molar-refractivity contribution in [2.75, 3.05) is 6.26 Å². The predicted molar refractivity (Wildman–Crippen MR) is 60.7 cm³/mol. The first-order valence-corrected chi connectivity index (χ1v) is 5.64. The monoisotopic (exact) mass is 208 g/mol. The molecule has 13 heavy (non-hydrogen) atoms. The van der Waals surface area contributed by atoms with Crippen molar-refractivity contribution in [1.82, 2.24) is 0 Å². The highest BCUT2D eigenvalue weighted by Crippen LogP contribution is 2.27. The van der Waals surface area contributed by atoms with Crippen LogP contribution in [0.2, 0.25) is 5.02 Å². The zero-order chi connectivity index (χ0) is 9.26. The number of thioether (sulfide) groups is 1. The molecule has 0 atom stereocenters. The SMILES string of the molecule is CSc1ccc2cccc(Cl)c2c1. The van der Waals surface area contributed by atoms with Gasteiger partial charge in [-0.25, -0.2) is 0 Å². The fourth-order valence-electron chi connectivity index (χ4n) is 1.34. The van der Waals surface area contributed by atoms with E-state index in [4.69, 9.17) is 11.6 Å². The van der Waals surface area contributed by atoms with Gasteiger partial charge >= 0.3 is 0 Å². The van der Waals surface area contributed by atoms with E-state index < -0.39 is 0 Å². The van der Waals surface area contributed by atoms with Gasteiger partial charge in [0, 0.05) is 15.3 Å². The molecule has 0 spiro atoms. The minimum atomic E-state index is 0.827. The van der Waals surface area contributed by atoms with Crippen LogP contribution in [-0.2, 0) is 0 Å². The molecule has 0 bridgehead atoms. The second-order valence-corrected chi connectivity index (χ2v) is 4.11. The van der Waals surface area contributed by atoms with Crippen LogP contribution >= 0.6 is 23.4 Å². The van der Waals surface area contributed by atoms with E-state index in [2.05, 4.69) is 30.5 Å². The second kappa shape index (κ2) is 3.60. The second-order valence-electron chi connectivity index (χ2n) is 2.83. The van der Waals surface area contributed by atoms with Gasteiger partial charge in [0.1, 0.15) is 0 Å². The number of halogens is 1. The highest BCUT2D eigenvalue weighted by Gasteiger charge is 1.98. The van der Waals surface area contributed by atoms with E-state index in [1.807, 2.05) is 12.1 Å². The Bertz CT molecular complexity index is 437. The van der Waals surface area contributed by atoms with Crippen molar-refractivity contribution < 1.29 is 0 Å². The maximum absolute atomic E-state index is 6.08. The number of hydrogen-bond donors (Lipinski definition) is 0. The van der Waals surface area contributed by atoms with Gasteiger partial charge in [0.25, 0.3) is 0 Å². The van der Waals surface area contributed by atoms with E-state index >= 15 is 0 Å². The van der Waals surface area contributed by atoms with E-state index in [0.717, 1.165) is 10.4 Å². The molecule has 0 saturated carbocycles. The molecule has 0 N–H and O–H groups in total. The van der Waals surface area contributed by atoms with Crippen molar-refractivity contribution >= 4 is 34.1 Å². The molecular formula is C11H9ClS. The molecule has 2 aromatic carbocycles. The number of hydrogen-bond acceptors (Lipinski definition) is 1. The van der Waals surface area contributed by atoms with E-state index in [1.165, 1.54) is 10.3 Å². The number of rotatable bonds is 1. The first-order valence-electron chi connectivity index (χ1n) is 4.03. The van der Waals surface area contributed by atoms with Crippen molar-refractivity contribution in [2.45, 2.75) is 4.90 Å². The molecule has 0 fully saturated rings. The third-order valence-electron chi connectivity index (χ3n) is 2.04. The summed E-state index contributed by atoms with van der Waals surface area (Å²) in [5.41, 5.74) is 0. The van der Waals surface area contributed by atoms with Gasteiger partial charge in [-0.3, -0.25) is 0 Å². The summed E-state index contributed by atoms with van der Waals surface area (Å²) >= 11 is 7.81. The lowest BCUT2D eigenvalue weighted by molar-refractivity contribution is 1.51. The summed E-state index contributed by atoms with van der Waals surface area (Å²) in [5, 5.41) is 3.16.